The Bertz CT molecular complexity index is 504. The quantitative estimate of drug-likeness (QED) is 0.858. The third kappa shape index (κ3) is 2.88. The summed E-state index contributed by atoms with van der Waals surface area (Å²) >= 11 is 4.92. The van der Waals surface area contributed by atoms with Crippen molar-refractivity contribution in [3.05, 3.63) is 28.0 Å². The molecule has 0 bridgehead atoms. The second-order valence-electron chi connectivity index (χ2n) is 4.76. The van der Waals surface area contributed by atoms with E-state index in [4.69, 9.17) is 0 Å². The molecule has 0 spiro atoms. The highest BCUT2D eigenvalue weighted by Gasteiger charge is 2.28. The summed E-state index contributed by atoms with van der Waals surface area (Å²) in [7, 11) is 0. The Morgan fingerprint density at radius 1 is 1.56 bits per heavy atom. The van der Waals surface area contributed by atoms with Crippen molar-refractivity contribution in [1.82, 2.24) is 0 Å². The molecule has 0 amide bonds. The number of aryl methyl sites for hydroxylation is 1. The third-order valence-corrected chi connectivity index (χ3v) is 5.00. The van der Waals surface area contributed by atoms with E-state index in [-0.39, 0.29) is 11.4 Å². The lowest BCUT2D eigenvalue weighted by atomic mass is 10.0. The largest absolute Gasteiger partial charge is 0.335 e. The number of hydrogen-bond donors (Lipinski definition) is 1. The number of thioether (sulfide) groups is 1. The zero-order valence-electron chi connectivity index (χ0n) is 10.7. The summed E-state index contributed by atoms with van der Waals surface area (Å²) in [5, 5.41) is 4.20. The van der Waals surface area contributed by atoms with Crippen molar-refractivity contribution in [2.45, 2.75) is 32.7 Å². The van der Waals surface area contributed by atoms with Gasteiger partial charge >= 0.3 is 0 Å². The van der Waals surface area contributed by atoms with Crippen LogP contribution in [0.2, 0.25) is 0 Å². The van der Waals surface area contributed by atoms with E-state index in [2.05, 4.69) is 40.1 Å². The average molecular weight is 331 g/mol. The normalized spacial score (nSPS) is 23.1. The molecule has 0 fully saturated rings. The van der Waals surface area contributed by atoms with Gasteiger partial charge in [-0.05, 0) is 53.9 Å². The van der Waals surface area contributed by atoms with Gasteiger partial charge in [0.25, 0.3) is 0 Å². The van der Waals surface area contributed by atoms with Gasteiger partial charge in [0.15, 0.2) is 5.17 Å². The molecule has 2 rings (SSSR count). The Morgan fingerprint density at radius 2 is 2.28 bits per heavy atom. The maximum Gasteiger partial charge on any atom is 0.161 e. The van der Waals surface area contributed by atoms with Gasteiger partial charge in [0, 0.05) is 11.4 Å². The highest BCUT2D eigenvalue weighted by atomic mass is 79.9. The lowest BCUT2D eigenvalue weighted by molar-refractivity contribution is 0.523. The number of hydrogen-bond acceptors (Lipinski definition) is 3. The highest BCUT2D eigenvalue weighted by molar-refractivity contribution is 9.10. The Kier molecular flexibility index (Phi) is 4.02. The average Bonchev–Trinajstić information content (AvgIpc) is 2.69. The van der Waals surface area contributed by atoms with Gasteiger partial charge in [-0.2, -0.15) is 0 Å². The molecule has 1 heterocycles. The highest BCUT2D eigenvalue weighted by Crippen LogP contribution is 2.32. The molecule has 1 aromatic rings. The van der Waals surface area contributed by atoms with Gasteiger partial charge in [0.1, 0.15) is 5.82 Å². The van der Waals surface area contributed by atoms with Crippen LogP contribution in [-0.4, -0.2) is 16.5 Å². The lowest BCUT2D eigenvalue weighted by Gasteiger charge is -2.15. The minimum absolute atomic E-state index is 0.0260. The van der Waals surface area contributed by atoms with E-state index >= 15 is 0 Å². The second-order valence-corrected chi connectivity index (χ2v) is 6.58. The summed E-state index contributed by atoms with van der Waals surface area (Å²) in [6.45, 7) is 6.19. The first-order valence-corrected chi connectivity index (χ1v) is 7.67. The number of nitrogens with one attached hydrogen (secondary N) is 1. The molecule has 1 aliphatic heterocycles. The van der Waals surface area contributed by atoms with Crippen LogP contribution in [0.5, 0.6) is 0 Å². The molecule has 2 nitrogen and oxygen atoms in total. The van der Waals surface area contributed by atoms with E-state index in [9.17, 15) is 4.39 Å². The van der Waals surface area contributed by atoms with Crippen LogP contribution in [-0.2, 0) is 0 Å². The van der Waals surface area contributed by atoms with Crippen LogP contribution in [0.1, 0.15) is 25.8 Å². The second kappa shape index (κ2) is 5.21. The van der Waals surface area contributed by atoms with Crippen LogP contribution >= 0.6 is 27.7 Å². The van der Waals surface area contributed by atoms with Crippen molar-refractivity contribution in [2.75, 3.05) is 11.1 Å². The molecule has 1 N–H and O–H groups in total. The first kappa shape index (κ1) is 13.9. The van der Waals surface area contributed by atoms with Crippen molar-refractivity contribution in [1.29, 1.82) is 0 Å². The fourth-order valence-electron chi connectivity index (χ4n) is 1.67. The topological polar surface area (TPSA) is 24.4 Å². The minimum atomic E-state index is -0.238. The molecule has 1 unspecified atom stereocenters. The van der Waals surface area contributed by atoms with Gasteiger partial charge in [-0.1, -0.05) is 18.7 Å². The fraction of sp³-hybridized carbons (Fsp3) is 0.462. The van der Waals surface area contributed by atoms with E-state index in [1.54, 1.807) is 17.8 Å². The van der Waals surface area contributed by atoms with Gasteiger partial charge in [0.05, 0.1) is 10.0 Å². The third-order valence-electron chi connectivity index (χ3n) is 3.16. The number of benzene rings is 1. The van der Waals surface area contributed by atoms with Crippen LogP contribution in [0.25, 0.3) is 0 Å². The van der Waals surface area contributed by atoms with Crippen LogP contribution in [0.4, 0.5) is 10.1 Å². The predicted molar refractivity (Wildman–Crippen MR) is 81.0 cm³/mol. The van der Waals surface area contributed by atoms with Gasteiger partial charge in [0.2, 0.25) is 0 Å². The SMILES string of the molecule is CCC1(C)CSC(Nc2cc(Br)c(F)cc2C)=N1. The number of anilines is 1. The number of rotatable bonds is 2. The molecule has 0 aliphatic carbocycles. The van der Waals surface area contributed by atoms with Crippen LogP contribution in [0.3, 0.4) is 0 Å². The number of halogens is 2. The van der Waals surface area contributed by atoms with E-state index in [0.717, 1.165) is 28.6 Å². The van der Waals surface area contributed by atoms with Crippen molar-refractivity contribution in [3.63, 3.8) is 0 Å². The molecule has 5 heteroatoms. The van der Waals surface area contributed by atoms with Gasteiger partial charge in [-0.3, -0.25) is 4.99 Å². The molecular formula is C13H16BrFN2S. The fourth-order valence-corrected chi connectivity index (χ4v) is 3.20. The first-order valence-electron chi connectivity index (χ1n) is 5.89. The first-order chi connectivity index (χ1) is 8.43. The molecule has 0 radical (unpaired) electrons. The predicted octanol–water partition coefficient (Wildman–Crippen LogP) is 4.58. The summed E-state index contributed by atoms with van der Waals surface area (Å²) in [6, 6.07) is 3.28. The van der Waals surface area contributed by atoms with E-state index in [0.29, 0.717) is 4.47 Å². The smallest absolute Gasteiger partial charge is 0.161 e. The van der Waals surface area contributed by atoms with Crippen molar-refractivity contribution >= 4 is 38.5 Å². The van der Waals surface area contributed by atoms with Gasteiger partial charge in [-0.25, -0.2) is 4.39 Å². The van der Waals surface area contributed by atoms with E-state index in [1.165, 1.54) is 6.07 Å². The lowest BCUT2D eigenvalue weighted by Crippen LogP contribution is -2.20. The Hall–Kier alpha value is -0.550. The molecule has 1 atom stereocenters. The summed E-state index contributed by atoms with van der Waals surface area (Å²) in [5.74, 6) is 0.755. The monoisotopic (exact) mass is 330 g/mol. The number of nitrogens with zero attached hydrogens (tertiary/aromatic N) is 1. The molecule has 1 aliphatic rings. The zero-order chi connectivity index (χ0) is 13.3. The molecular weight excluding hydrogens is 315 g/mol. The summed E-state index contributed by atoms with van der Waals surface area (Å²) in [6.07, 6.45) is 1.03. The van der Waals surface area contributed by atoms with E-state index < -0.39 is 0 Å². The maximum atomic E-state index is 13.3. The summed E-state index contributed by atoms with van der Waals surface area (Å²) in [4.78, 5) is 4.69. The standard InChI is InChI=1S/C13H16BrFN2S/c1-4-13(3)7-18-12(17-13)16-11-6-9(14)10(15)5-8(11)2/h5-6H,4,7H2,1-3H3,(H,16,17). The zero-order valence-corrected chi connectivity index (χ0v) is 13.1. The van der Waals surface area contributed by atoms with E-state index in [1.807, 2.05) is 6.92 Å². The Labute approximate surface area is 120 Å². The van der Waals surface area contributed by atoms with Crippen molar-refractivity contribution < 1.29 is 4.39 Å². The molecule has 0 saturated carbocycles. The molecule has 98 valence electrons. The van der Waals surface area contributed by atoms with Crippen LogP contribution in [0.15, 0.2) is 21.6 Å². The van der Waals surface area contributed by atoms with Crippen molar-refractivity contribution in [2.24, 2.45) is 4.99 Å². The Balaban J connectivity index is 2.21. The molecule has 1 aromatic carbocycles. The molecule has 18 heavy (non-hydrogen) atoms. The Morgan fingerprint density at radius 3 is 2.89 bits per heavy atom. The van der Waals surface area contributed by atoms with Gasteiger partial charge in [-0.15, -0.1) is 0 Å². The summed E-state index contributed by atoms with van der Waals surface area (Å²) in [5.41, 5.74) is 1.80. The van der Waals surface area contributed by atoms with Gasteiger partial charge < -0.3 is 5.32 Å². The number of amidine groups is 1. The number of aliphatic imine (C=N–C) groups is 1. The molecule has 0 saturated heterocycles. The molecule has 0 aromatic heterocycles. The summed E-state index contributed by atoms with van der Waals surface area (Å²) < 4.78 is 13.8. The van der Waals surface area contributed by atoms with Crippen molar-refractivity contribution in [3.8, 4) is 0 Å². The van der Waals surface area contributed by atoms with Crippen LogP contribution in [0, 0.1) is 12.7 Å². The minimum Gasteiger partial charge on any atom is -0.335 e. The van der Waals surface area contributed by atoms with Crippen LogP contribution < -0.4 is 5.32 Å². The maximum absolute atomic E-state index is 13.3.